The van der Waals surface area contributed by atoms with Gasteiger partial charge in [-0.25, -0.2) is 4.39 Å². The third-order valence-corrected chi connectivity index (χ3v) is 2.41. The van der Waals surface area contributed by atoms with Gasteiger partial charge in [-0.3, -0.25) is 0 Å². The van der Waals surface area contributed by atoms with Crippen molar-refractivity contribution in [3.05, 3.63) is 35.1 Å². The van der Waals surface area contributed by atoms with Crippen molar-refractivity contribution < 1.29 is 4.39 Å². The molecule has 0 aromatic heterocycles. The fourth-order valence-electron chi connectivity index (χ4n) is 1.46. The Morgan fingerprint density at radius 1 is 1.50 bits per heavy atom. The molecule has 0 spiro atoms. The molecule has 1 unspecified atom stereocenters. The third-order valence-electron chi connectivity index (χ3n) is 2.41. The molecule has 64 valence electrons. The Kier molecular flexibility index (Phi) is 1.85. The number of halogens is 1. The van der Waals surface area contributed by atoms with Gasteiger partial charge in [0, 0.05) is 6.04 Å². The number of aryl methyl sites for hydroxylation is 1. The minimum Gasteiger partial charge on any atom is -0.310 e. The number of hydrogen-bond donors (Lipinski definition) is 1. The largest absolute Gasteiger partial charge is 0.310 e. The summed E-state index contributed by atoms with van der Waals surface area (Å²) in [6.07, 6.45) is 1.17. The van der Waals surface area contributed by atoms with Crippen molar-refractivity contribution >= 4 is 0 Å². The smallest absolute Gasteiger partial charge is 0.126 e. The van der Waals surface area contributed by atoms with E-state index >= 15 is 0 Å². The molecule has 1 aromatic carbocycles. The highest BCUT2D eigenvalue weighted by molar-refractivity contribution is 5.27. The van der Waals surface area contributed by atoms with Crippen LogP contribution in [0.5, 0.6) is 0 Å². The van der Waals surface area contributed by atoms with Gasteiger partial charge in [-0.2, -0.15) is 0 Å². The van der Waals surface area contributed by atoms with Gasteiger partial charge in [0.25, 0.3) is 0 Å². The monoisotopic (exact) mass is 165 g/mol. The fourth-order valence-corrected chi connectivity index (χ4v) is 1.46. The quantitative estimate of drug-likeness (QED) is 0.672. The highest BCUT2D eigenvalue weighted by atomic mass is 19.1. The lowest BCUT2D eigenvalue weighted by Crippen LogP contribution is -2.34. The zero-order valence-corrected chi connectivity index (χ0v) is 7.10. The lowest BCUT2D eigenvalue weighted by Gasteiger charge is -2.28. The van der Waals surface area contributed by atoms with E-state index in [1.165, 1.54) is 12.0 Å². The van der Waals surface area contributed by atoms with Gasteiger partial charge in [-0.15, -0.1) is 0 Å². The molecule has 0 aliphatic carbocycles. The topological polar surface area (TPSA) is 12.0 Å². The molecule has 2 rings (SSSR count). The Morgan fingerprint density at radius 2 is 2.25 bits per heavy atom. The minimum atomic E-state index is -0.113. The van der Waals surface area contributed by atoms with Crippen LogP contribution in [0, 0.1) is 12.7 Å². The normalized spacial score (nSPS) is 22.0. The molecule has 0 radical (unpaired) electrons. The van der Waals surface area contributed by atoms with Crippen LogP contribution in [-0.4, -0.2) is 6.54 Å². The van der Waals surface area contributed by atoms with Crippen molar-refractivity contribution in [2.24, 2.45) is 0 Å². The first-order chi connectivity index (χ1) is 5.77. The number of hydrogen-bond acceptors (Lipinski definition) is 1. The van der Waals surface area contributed by atoms with Crippen LogP contribution in [0.15, 0.2) is 18.2 Å². The maximum absolute atomic E-state index is 12.9. The van der Waals surface area contributed by atoms with E-state index in [1.807, 2.05) is 12.1 Å². The van der Waals surface area contributed by atoms with Gasteiger partial charge in [-0.05, 0) is 37.1 Å². The first kappa shape index (κ1) is 7.74. The van der Waals surface area contributed by atoms with Crippen LogP contribution >= 0.6 is 0 Å². The minimum absolute atomic E-state index is 0.113. The lowest BCUT2D eigenvalue weighted by atomic mass is 9.97. The first-order valence-corrected chi connectivity index (χ1v) is 4.27. The van der Waals surface area contributed by atoms with Gasteiger partial charge in [0.05, 0.1) is 0 Å². The Balaban J connectivity index is 2.27. The van der Waals surface area contributed by atoms with Crippen molar-refractivity contribution in [1.29, 1.82) is 0 Å². The summed E-state index contributed by atoms with van der Waals surface area (Å²) in [5.74, 6) is -0.113. The van der Waals surface area contributed by atoms with Crippen molar-refractivity contribution in [3.63, 3.8) is 0 Å². The zero-order valence-electron chi connectivity index (χ0n) is 7.10. The molecule has 1 fully saturated rings. The number of rotatable bonds is 1. The zero-order chi connectivity index (χ0) is 8.55. The van der Waals surface area contributed by atoms with Crippen molar-refractivity contribution in [2.45, 2.75) is 19.4 Å². The number of nitrogens with one attached hydrogen (secondary N) is 1. The Labute approximate surface area is 71.6 Å². The molecule has 1 aliphatic heterocycles. The molecule has 2 heteroatoms. The molecular formula is C10H12FN. The summed E-state index contributed by atoms with van der Waals surface area (Å²) in [6, 6.07) is 5.79. The molecular weight excluding hydrogens is 153 g/mol. The maximum atomic E-state index is 12.9. The average molecular weight is 165 g/mol. The van der Waals surface area contributed by atoms with Gasteiger partial charge >= 0.3 is 0 Å². The Morgan fingerprint density at radius 3 is 2.75 bits per heavy atom. The Hall–Kier alpha value is -0.890. The highest BCUT2D eigenvalue weighted by Gasteiger charge is 2.18. The molecule has 0 amide bonds. The fraction of sp³-hybridized carbons (Fsp3) is 0.400. The predicted octanol–water partition coefficient (Wildman–Crippen LogP) is 2.17. The predicted molar refractivity (Wildman–Crippen MR) is 46.5 cm³/mol. The van der Waals surface area contributed by atoms with Gasteiger partial charge < -0.3 is 5.32 Å². The van der Waals surface area contributed by atoms with Crippen LogP contribution < -0.4 is 5.32 Å². The summed E-state index contributed by atoms with van der Waals surface area (Å²) in [7, 11) is 0. The highest BCUT2D eigenvalue weighted by Crippen LogP contribution is 2.23. The van der Waals surface area contributed by atoms with Crippen molar-refractivity contribution in [1.82, 2.24) is 5.32 Å². The standard InChI is InChI=1S/C10H12FN/c1-7-6-8(2-3-9(7)11)10-4-5-12-10/h2-3,6,10,12H,4-5H2,1H3. The van der Waals surface area contributed by atoms with Crippen LogP contribution in [0.4, 0.5) is 4.39 Å². The van der Waals surface area contributed by atoms with Crippen LogP contribution in [-0.2, 0) is 0 Å². The molecule has 1 atom stereocenters. The second kappa shape index (κ2) is 2.87. The van der Waals surface area contributed by atoms with Gasteiger partial charge in [0.15, 0.2) is 0 Å². The summed E-state index contributed by atoms with van der Waals surface area (Å²) in [4.78, 5) is 0. The molecule has 1 aromatic rings. The van der Waals surface area contributed by atoms with Crippen molar-refractivity contribution in [2.75, 3.05) is 6.54 Å². The SMILES string of the molecule is Cc1cc(C2CCN2)ccc1F. The molecule has 1 nitrogen and oxygen atoms in total. The van der Waals surface area contributed by atoms with Crippen LogP contribution in [0.3, 0.4) is 0 Å². The second-order valence-electron chi connectivity index (χ2n) is 3.30. The molecule has 1 N–H and O–H groups in total. The van der Waals surface area contributed by atoms with Gasteiger partial charge in [0.2, 0.25) is 0 Å². The summed E-state index contributed by atoms with van der Waals surface area (Å²) < 4.78 is 12.9. The molecule has 1 saturated heterocycles. The van der Waals surface area contributed by atoms with E-state index < -0.39 is 0 Å². The second-order valence-corrected chi connectivity index (χ2v) is 3.30. The average Bonchev–Trinajstić information content (AvgIpc) is 1.93. The van der Waals surface area contributed by atoms with E-state index in [-0.39, 0.29) is 5.82 Å². The Bertz CT molecular complexity index is 292. The van der Waals surface area contributed by atoms with Gasteiger partial charge in [-0.1, -0.05) is 12.1 Å². The summed E-state index contributed by atoms with van der Waals surface area (Å²) in [6.45, 7) is 2.89. The van der Waals surface area contributed by atoms with E-state index in [1.54, 1.807) is 13.0 Å². The molecule has 1 heterocycles. The third kappa shape index (κ3) is 1.23. The van der Waals surface area contributed by atoms with E-state index in [2.05, 4.69) is 5.32 Å². The molecule has 0 bridgehead atoms. The van der Waals surface area contributed by atoms with Gasteiger partial charge in [0.1, 0.15) is 5.82 Å². The van der Waals surface area contributed by atoms with Crippen LogP contribution in [0.2, 0.25) is 0 Å². The summed E-state index contributed by atoms with van der Waals surface area (Å²) in [5.41, 5.74) is 1.95. The van der Waals surface area contributed by atoms with Crippen LogP contribution in [0.1, 0.15) is 23.6 Å². The van der Waals surface area contributed by atoms with E-state index in [9.17, 15) is 4.39 Å². The van der Waals surface area contributed by atoms with E-state index in [0.29, 0.717) is 6.04 Å². The summed E-state index contributed by atoms with van der Waals surface area (Å²) in [5, 5.41) is 3.29. The van der Waals surface area contributed by atoms with E-state index in [4.69, 9.17) is 0 Å². The molecule has 1 aliphatic rings. The van der Waals surface area contributed by atoms with Crippen molar-refractivity contribution in [3.8, 4) is 0 Å². The summed E-state index contributed by atoms with van der Waals surface area (Å²) >= 11 is 0. The molecule has 12 heavy (non-hydrogen) atoms. The molecule has 0 saturated carbocycles. The first-order valence-electron chi connectivity index (χ1n) is 4.27. The van der Waals surface area contributed by atoms with E-state index in [0.717, 1.165) is 12.1 Å². The number of benzene rings is 1. The van der Waals surface area contributed by atoms with Crippen LogP contribution in [0.25, 0.3) is 0 Å². The maximum Gasteiger partial charge on any atom is 0.126 e. The lowest BCUT2D eigenvalue weighted by molar-refractivity contribution is 0.382.